The van der Waals surface area contributed by atoms with Gasteiger partial charge in [0.25, 0.3) is 5.89 Å². The lowest BCUT2D eigenvalue weighted by Gasteiger charge is -2.08. The molecule has 2 aromatic heterocycles. The van der Waals surface area contributed by atoms with Gasteiger partial charge in [-0.15, -0.1) is 10.2 Å². The highest BCUT2D eigenvalue weighted by Crippen LogP contribution is 2.32. The minimum Gasteiger partial charge on any atom is -0.459 e. The van der Waals surface area contributed by atoms with Crippen LogP contribution in [-0.4, -0.2) is 15.1 Å². The summed E-state index contributed by atoms with van der Waals surface area (Å²) in [6.07, 6.45) is 1.48. The summed E-state index contributed by atoms with van der Waals surface area (Å²) in [5, 5.41) is 7.68. The zero-order valence-corrected chi connectivity index (χ0v) is 11.3. The molecule has 1 atom stereocenters. The number of rotatable bonds is 4. The van der Waals surface area contributed by atoms with Crippen LogP contribution in [0.25, 0.3) is 23.1 Å². The molecule has 0 bridgehead atoms. The highest BCUT2D eigenvalue weighted by molar-refractivity contribution is 7.43. The standard InChI is InChI=1S/C12H9FN3O4P/c13-8-4-3-7(6-10(8)20-21(14)17)11-15-16-12(19-11)9-2-1-5-18-9/h1-6,17H,14H2. The Bertz CT molecular complexity index is 745. The Labute approximate surface area is 119 Å². The maximum Gasteiger partial charge on any atom is 0.312 e. The van der Waals surface area contributed by atoms with E-state index in [1.165, 1.54) is 18.4 Å². The van der Waals surface area contributed by atoms with E-state index in [2.05, 4.69) is 10.2 Å². The molecule has 9 heteroatoms. The minimum atomic E-state index is -2.22. The summed E-state index contributed by atoms with van der Waals surface area (Å²) in [7, 11) is -2.22. The molecular formula is C12H9FN3O4P. The van der Waals surface area contributed by atoms with Gasteiger partial charge in [-0.1, -0.05) is 0 Å². The van der Waals surface area contributed by atoms with E-state index in [1.807, 2.05) is 0 Å². The zero-order valence-electron chi connectivity index (χ0n) is 10.4. The summed E-state index contributed by atoms with van der Waals surface area (Å²) >= 11 is 0. The molecule has 2 heterocycles. The van der Waals surface area contributed by atoms with Crippen LogP contribution in [0.1, 0.15) is 0 Å². The molecule has 3 N–H and O–H groups in total. The van der Waals surface area contributed by atoms with Gasteiger partial charge in [0.05, 0.1) is 6.26 Å². The number of halogens is 1. The Hall–Kier alpha value is -2.28. The second-order valence-corrected chi connectivity index (χ2v) is 4.72. The van der Waals surface area contributed by atoms with Crippen LogP contribution >= 0.6 is 8.53 Å². The van der Waals surface area contributed by atoms with Gasteiger partial charge in [0.2, 0.25) is 5.89 Å². The third-order valence-electron chi connectivity index (χ3n) is 2.53. The molecule has 0 saturated carbocycles. The van der Waals surface area contributed by atoms with Crippen molar-refractivity contribution in [2.24, 2.45) is 5.50 Å². The SMILES string of the molecule is NP(O)Oc1cc(-c2nnc(-c3ccco3)o2)ccc1F. The number of aromatic nitrogens is 2. The lowest BCUT2D eigenvalue weighted by Crippen LogP contribution is -1.97. The maximum absolute atomic E-state index is 13.5. The van der Waals surface area contributed by atoms with E-state index in [0.29, 0.717) is 11.3 Å². The Balaban J connectivity index is 1.94. The summed E-state index contributed by atoms with van der Waals surface area (Å²) in [5.41, 5.74) is 5.54. The van der Waals surface area contributed by atoms with Gasteiger partial charge < -0.3 is 18.3 Å². The minimum absolute atomic E-state index is 0.158. The van der Waals surface area contributed by atoms with Gasteiger partial charge in [0, 0.05) is 5.56 Å². The molecule has 108 valence electrons. The van der Waals surface area contributed by atoms with Crippen molar-refractivity contribution in [3.63, 3.8) is 0 Å². The fourth-order valence-electron chi connectivity index (χ4n) is 1.65. The van der Waals surface area contributed by atoms with E-state index in [-0.39, 0.29) is 17.5 Å². The van der Waals surface area contributed by atoms with E-state index in [9.17, 15) is 4.39 Å². The van der Waals surface area contributed by atoms with E-state index in [1.54, 1.807) is 12.1 Å². The largest absolute Gasteiger partial charge is 0.459 e. The van der Waals surface area contributed by atoms with E-state index in [4.69, 9.17) is 23.8 Å². The summed E-state index contributed by atoms with van der Waals surface area (Å²) in [6.45, 7) is 0. The fourth-order valence-corrected chi connectivity index (χ4v) is 1.99. The molecule has 1 aromatic carbocycles. The first kappa shape index (κ1) is 13.7. The van der Waals surface area contributed by atoms with Crippen molar-refractivity contribution in [2.45, 2.75) is 0 Å². The van der Waals surface area contributed by atoms with Crippen LogP contribution in [0.5, 0.6) is 5.75 Å². The number of hydrogen-bond donors (Lipinski definition) is 2. The van der Waals surface area contributed by atoms with Crippen molar-refractivity contribution in [2.75, 3.05) is 0 Å². The zero-order chi connectivity index (χ0) is 14.8. The van der Waals surface area contributed by atoms with Crippen molar-refractivity contribution in [3.8, 4) is 28.9 Å². The maximum atomic E-state index is 13.5. The van der Waals surface area contributed by atoms with Crippen LogP contribution in [0.3, 0.4) is 0 Å². The van der Waals surface area contributed by atoms with E-state index in [0.717, 1.165) is 6.07 Å². The molecule has 0 saturated heterocycles. The smallest absolute Gasteiger partial charge is 0.312 e. The molecule has 3 aromatic rings. The van der Waals surface area contributed by atoms with Gasteiger partial charge in [0.1, 0.15) is 0 Å². The second-order valence-electron chi connectivity index (χ2n) is 3.93. The highest BCUT2D eigenvalue weighted by Gasteiger charge is 2.15. The van der Waals surface area contributed by atoms with Crippen molar-refractivity contribution in [1.82, 2.24) is 10.2 Å². The van der Waals surface area contributed by atoms with Crippen LogP contribution in [-0.2, 0) is 0 Å². The highest BCUT2D eigenvalue weighted by atomic mass is 31.2. The lowest BCUT2D eigenvalue weighted by atomic mass is 10.2. The average Bonchev–Trinajstić information content (AvgIpc) is 3.10. The fraction of sp³-hybridized carbons (Fsp3) is 0. The molecule has 1 unspecified atom stereocenters. The number of hydrogen-bond acceptors (Lipinski definition) is 7. The monoisotopic (exact) mass is 309 g/mol. The van der Waals surface area contributed by atoms with Crippen molar-refractivity contribution in [1.29, 1.82) is 0 Å². The molecule has 0 fully saturated rings. The Morgan fingerprint density at radius 2 is 2.05 bits per heavy atom. The van der Waals surface area contributed by atoms with E-state index < -0.39 is 14.3 Å². The molecular weight excluding hydrogens is 300 g/mol. The first-order valence-corrected chi connectivity index (χ1v) is 7.00. The molecule has 3 rings (SSSR count). The third-order valence-corrected chi connectivity index (χ3v) is 2.91. The first-order chi connectivity index (χ1) is 10.1. The second kappa shape index (κ2) is 5.61. The van der Waals surface area contributed by atoms with Gasteiger partial charge in [-0.3, -0.25) is 5.50 Å². The van der Waals surface area contributed by atoms with Crippen LogP contribution in [0.2, 0.25) is 0 Å². The lowest BCUT2D eigenvalue weighted by molar-refractivity contribution is 0.460. The summed E-state index contributed by atoms with van der Waals surface area (Å²) < 4.78 is 28.9. The number of furan rings is 1. The Kier molecular flexibility index (Phi) is 3.66. The summed E-state index contributed by atoms with van der Waals surface area (Å²) in [6, 6.07) is 7.27. The quantitative estimate of drug-likeness (QED) is 0.713. The molecule has 0 spiro atoms. The topological polar surface area (TPSA) is 108 Å². The molecule has 0 radical (unpaired) electrons. The molecule has 0 aliphatic rings. The third kappa shape index (κ3) is 2.92. The Morgan fingerprint density at radius 1 is 1.24 bits per heavy atom. The molecule has 21 heavy (non-hydrogen) atoms. The van der Waals surface area contributed by atoms with Gasteiger partial charge in [-0.2, -0.15) is 0 Å². The average molecular weight is 309 g/mol. The van der Waals surface area contributed by atoms with Gasteiger partial charge in [-0.05, 0) is 30.3 Å². The number of benzene rings is 1. The van der Waals surface area contributed by atoms with Crippen molar-refractivity contribution < 1.29 is 22.6 Å². The molecule has 0 amide bonds. The number of nitrogens with two attached hydrogens (primary N) is 1. The summed E-state index contributed by atoms with van der Waals surface area (Å²) in [5.74, 6) is -0.0679. The first-order valence-electron chi connectivity index (χ1n) is 5.72. The predicted octanol–water partition coefficient (Wildman–Crippen LogP) is 2.69. The van der Waals surface area contributed by atoms with Crippen molar-refractivity contribution >= 4 is 8.53 Å². The predicted molar refractivity (Wildman–Crippen MR) is 71.3 cm³/mol. The molecule has 0 aliphatic carbocycles. The summed E-state index contributed by atoms with van der Waals surface area (Å²) in [4.78, 5) is 9.01. The van der Waals surface area contributed by atoms with Crippen LogP contribution in [0.15, 0.2) is 45.4 Å². The normalized spacial score (nSPS) is 12.3. The molecule has 0 aliphatic heterocycles. The number of nitrogens with zero attached hydrogens (tertiary/aromatic N) is 2. The van der Waals surface area contributed by atoms with Gasteiger partial charge >= 0.3 is 8.53 Å². The van der Waals surface area contributed by atoms with Gasteiger partial charge in [-0.25, -0.2) is 4.39 Å². The Morgan fingerprint density at radius 3 is 2.76 bits per heavy atom. The van der Waals surface area contributed by atoms with Crippen LogP contribution in [0.4, 0.5) is 4.39 Å². The molecule has 7 nitrogen and oxygen atoms in total. The van der Waals surface area contributed by atoms with Crippen molar-refractivity contribution in [3.05, 3.63) is 42.4 Å². The van der Waals surface area contributed by atoms with E-state index >= 15 is 0 Å². The van der Waals surface area contributed by atoms with Crippen LogP contribution < -0.4 is 10.0 Å². The van der Waals surface area contributed by atoms with Crippen LogP contribution in [0, 0.1) is 5.82 Å². The van der Waals surface area contributed by atoms with Gasteiger partial charge in [0.15, 0.2) is 17.3 Å².